The van der Waals surface area contributed by atoms with Crippen LogP contribution in [-0.4, -0.2) is 0 Å². The van der Waals surface area contributed by atoms with Crippen LogP contribution in [0.25, 0.3) is 0 Å². The Balaban J connectivity index is 2.18. The van der Waals surface area contributed by atoms with Crippen LogP contribution in [0, 0.1) is 11.8 Å². The molecule has 0 amide bonds. The van der Waals surface area contributed by atoms with Crippen molar-refractivity contribution in [3.63, 3.8) is 0 Å². The minimum atomic E-state index is 0.142. The molecule has 0 heterocycles. The summed E-state index contributed by atoms with van der Waals surface area (Å²) in [4.78, 5) is 0. The van der Waals surface area contributed by atoms with E-state index in [2.05, 4.69) is 35.0 Å². The summed E-state index contributed by atoms with van der Waals surface area (Å²) in [7, 11) is 0. The van der Waals surface area contributed by atoms with Gasteiger partial charge in [-0.05, 0) is 51.9 Å². The highest BCUT2D eigenvalue weighted by molar-refractivity contribution is 9.10. The summed E-state index contributed by atoms with van der Waals surface area (Å²) in [6.07, 6.45) is 6.53. The second-order valence-electron chi connectivity index (χ2n) is 5.32. The van der Waals surface area contributed by atoms with Crippen LogP contribution in [-0.2, 0) is 0 Å². The van der Waals surface area contributed by atoms with Gasteiger partial charge in [0.05, 0.1) is 5.02 Å². The van der Waals surface area contributed by atoms with Gasteiger partial charge in [-0.2, -0.15) is 0 Å². The van der Waals surface area contributed by atoms with Gasteiger partial charge in [-0.1, -0.05) is 50.3 Å². The van der Waals surface area contributed by atoms with Crippen molar-refractivity contribution in [2.24, 2.45) is 17.6 Å². The summed E-state index contributed by atoms with van der Waals surface area (Å²) in [5, 5.41) is 0.752. The third kappa shape index (κ3) is 3.09. The van der Waals surface area contributed by atoms with E-state index in [0.717, 1.165) is 15.4 Å². The van der Waals surface area contributed by atoms with Crippen LogP contribution in [0.3, 0.4) is 0 Å². The first-order valence-electron chi connectivity index (χ1n) is 6.84. The Labute approximate surface area is 123 Å². The molecular weight excluding hydrogens is 310 g/mol. The first-order chi connectivity index (χ1) is 8.63. The van der Waals surface area contributed by atoms with E-state index in [4.69, 9.17) is 17.3 Å². The molecule has 1 fully saturated rings. The average Bonchev–Trinajstić information content (AvgIpc) is 2.41. The van der Waals surface area contributed by atoms with Crippen molar-refractivity contribution in [3.05, 3.63) is 33.3 Å². The molecule has 0 saturated heterocycles. The van der Waals surface area contributed by atoms with Crippen molar-refractivity contribution < 1.29 is 0 Å². The van der Waals surface area contributed by atoms with Crippen LogP contribution in [0.15, 0.2) is 22.7 Å². The molecule has 1 saturated carbocycles. The van der Waals surface area contributed by atoms with Gasteiger partial charge in [0.2, 0.25) is 0 Å². The highest BCUT2D eigenvalue weighted by Gasteiger charge is 2.29. The molecule has 0 radical (unpaired) electrons. The molecule has 2 N–H and O–H groups in total. The summed E-state index contributed by atoms with van der Waals surface area (Å²) in [5.41, 5.74) is 7.70. The number of benzene rings is 1. The summed E-state index contributed by atoms with van der Waals surface area (Å²) in [6.45, 7) is 2.29. The summed E-state index contributed by atoms with van der Waals surface area (Å²) < 4.78 is 0.945. The van der Waals surface area contributed by atoms with E-state index in [-0.39, 0.29) is 6.04 Å². The molecule has 1 aromatic carbocycles. The normalized spacial score (nSPS) is 26.0. The van der Waals surface area contributed by atoms with Crippen molar-refractivity contribution in [2.45, 2.75) is 45.1 Å². The van der Waals surface area contributed by atoms with Crippen molar-refractivity contribution in [1.82, 2.24) is 0 Å². The third-order valence-corrected chi connectivity index (χ3v) is 5.50. The van der Waals surface area contributed by atoms with Crippen LogP contribution in [0.5, 0.6) is 0 Å². The lowest BCUT2D eigenvalue weighted by atomic mass is 9.73. The summed E-state index contributed by atoms with van der Waals surface area (Å²) in [6, 6.07) is 6.22. The molecule has 3 atom stereocenters. The van der Waals surface area contributed by atoms with Gasteiger partial charge in [0.15, 0.2) is 0 Å². The van der Waals surface area contributed by atoms with Gasteiger partial charge in [0.25, 0.3) is 0 Å². The Morgan fingerprint density at radius 2 is 2.11 bits per heavy atom. The van der Waals surface area contributed by atoms with Crippen molar-refractivity contribution >= 4 is 27.5 Å². The second-order valence-corrected chi connectivity index (χ2v) is 6.58. The largest absolute Gasteiger partial charge is 0.324 e. The Morgan fingerprint density at radius 3 is 2.78 bits per heavy atom. The second kappa shape index (κ2) is 6.40. The quantitative estimate of drug-likeness (QED) is 0.797. The molecule has 0 bridgehead atoms. The number of hydrogen-bond donors (Lipinski definition) is 1. The fraction of sp³-hybridized carbons (Fsp3) is 0.600. The fourth-order valence-corrected chi connectivity index (χ4v) is 3.70. The average molecular weight is 331 g/mol. The molecule has 1 nitrogen and oxygen atoms in total. The van der Waals surface area contributed by atoms with Gasteiger partial charge in [-0.3, -0.25) is 0 Å². The first kappa shape index (κ1) is 14.4. The Bertz CT molecular complexity index is 407. The first-order valence-corrected chi connectivity index (χ1v) is 8.01. The molecule has 18 heavy (non-hydrogen) atoms. The zero-order valence-corrected chi connectivity index (χ0v) is 13.2. The molecule has 2 rings (SSSR count). The minimum absolute atomic E-state index is 0.142. The van der Waals surface area contributed by atoms with Gasteiger partial charge in [0.1, 0.15) is 0 Å². The van der Waals surface area contributed by atoms with E-state index < -0.39 is 0 Å². The van der Waals surface area contributed by atoms with Gasteiger partial charge >= 0.3 is 0 Å². The fourth-order valence-electron chi connectivity index (χ4n) is 3.18. The number of halogens is 2. The van der Waals surface area contributed by atoms with Crippen molar-refractivity contribution in [3.8, 4) is 0 Å². The van der Waals surface area contributed by atoms with Gasteiger partial charge in [0, 0.05) is 10.5 Å². The van der Waals surface area contributed by atoms with E-state index in [9.17, 15) is 0 Å². The predicted molar refractivity (Wildman–Crippen MR) is 81.8 cm³/mol. The topological polar surface area (TPSA) is 26.0 Å². The van der Waals surface area contributed by atoms with Crippen molar-refractivity contribution in [2.75, 3.05) is 0 Å². The zero-order chi connectivity index (χ0) is 13.1. The van der Waals surface area contributed by atoms with Crippen LogP contribution in [0.2, 0.25) is 5.02 Å². The molecule has 1 aliphatic carbocycles. The van der Waals surface area contributed by atoms with E-state index in [1.807, 2.05) is 6.07 Å². The lowest BCUT2D eigenvalue weighted by molar-refractivity contribution is 0.196. The Kier molecular flexibility index (Phi) is 5.11. The predicted octanol–water partition coefficient (Wildman–Crippen LogP) is 5.32. The maximum atomic E-state index is 6.49. The molecular formula is C15H21BrClN. The van der Waals surface area contributed by atoms with Gasteiger partial charge in [-0.25, -0.2) is 0 Å². The molecule has 1 aliphatic rings. The highest BCUT2D eigenvalue weighted by atomic mass is 79.9. The molecule has 0 aliphatic heterocycles. The van der Waals surface area contributed by atoms with Crippen molar-refractivity contribution in [1.29, 1.82) is 0 Å². The maximum Gasteiger partial charge on any atom is 0.0548 e. The van der Waals surface area contributed by atoms with Crippen LogP contribution >= 0.6 is 27.5 Å². The molecule has 1 aromatic rings. The standard InChI is InChI=1S/C15H21BrClN/c1-2-10-5-3-4-6-12(10)15(18)11-7-8-14(17)13(16)9-11/h7-10,12,15H,2-6,18H2,1H3. The molecule has 0 spiro atoms. The minimum Gasteiger partial charge on any atom is -0.324 e. The highest BCUT2D eigenvalue weighted by Crippen LogP contribution is 2.40. The summed E-state index contributed by atoms with van der Waals surface area (Å²) >= 11 is 9.52. The Morgan fingerprint density at radius 1 is 1.39 bits per heavy atom. The van der Waals surface area contributed by atoms with E-state index in [1.165, 1.54) is 37.7 Å². The lowest BCUT2D eigenvalue weighted by Crippen LogP contribution is -2.30. The monoisotopic (exact) mass is 329 g/mol. The lowest BCUT2D eigenvalue weighted by Gasteiger charge is -2.35. The number of hydrogen-bond acceptors (Lipinski definition) is 1. The summed E-state index contributed by atoms with van der Waals surface area (Å²) in [5.74, 6) is 1.40. The van der Waals surface area contributed by atoms with E-state index in [1.54, 1.807) is 0 Å². The smallest absolute Gasteiger partial charge is 0.0548 e. The Hall–Kier alpha value is -0.0500. The van der Waals surface area contributed by atoms with Crippen LogP contribution in [0.1, 0.15) is 50.6 Å². The number of nitrogens with two attached hydrogens (primary N) is 1. The van der Waals surface area contributed by atoms with E-state index >= 15 is 0 Å². The number of rotatable bonds is 3. The van der Waals surface area contributed by atoms with Crippen LogP contribution in [0.4, 0.5) is 0 Å². The molecule has 0 aromatic heterocycles. The molecule has 3 unspecified atom stereocenters. The third-order valence-electron chi connectivity index (χ3n) is 4.28. The van der Waals surface area contributed by atoms with Gasteiger partial charge in [-0.15, -0.1) is 0 Å². The molecule has 100 valence electrons. The van der Waals surface area contributed by atoms with Crippen LogP contribution < -0.4 is 5.73 Å². The molecule has 3 heteroatoms. The maximum absolute atomic E-state index is 6.49. The SMILES string of the molecule is CCC1CCCCC1C(N)c1ccc(Cl)c(Br)c1. The zero-order valence-electron chi connectivity index (χ0n) is 10.8. The van der Waals surface area contributed by atoms with Gasteiger partial charge < -0.3 is 5.73 Å². The van der Waals surface area contributed by atoms with E-state index in [0.29, 0.717) is 5.92 Å².